The van der Waals surface area contributed by atoms with Gasteiger partial charge in [0, 0.05) is 36.1 Å². The summed E-state index contributed by atoms with van der Waals surface area (Å²) < 4.78 is 0. The molecule has 0 unspecified atom stereocenters. The molecule has 0 heterocycles. The van der Waals surface area contributed by atoms with E-state index in [0.29, 0.717) is 11.1 Å². The van der Waals surface area contributed by atoms with Crippen molar-refractivity contribution in [2.75, 3.05) is 0 Å². The van der Waals surface area contributed by atoms with Crippen molar-refractivity contribution in [2.24, 2.45) is 0 Å². The van der Waals surface area contributed by atoms with Gasteiger partial charge in [0.15, 0.2) is 0 Å². The van der Waals surface area contributed by atoms with E-state index in [4.69, 9.17) is 0 Å². The van der Waals surface area contributed by atoms with Crippen molar-refractivity contribution in [3.63, 3.8) is 0 Å². The Kier molecular flexibility index (Phi) is 5.73. The fraction of sp³-hybridized carbons (Fsp3) is 0.235. The number of nitro benzene ring substituents is 2. The average molecular weight is 328 g/mol. The molecule has 7 nitrogen and oxygen atoms in total. The Morgan fingerprint density at radius 3 is 1.50 bits per heavy atom. The van der Waals surface area contributed by atoms with E-state index in [2.05, 4.69) is 0 Å². The molecule has 0 bridgehead atoms. The quantitative estimate of drug-likeness (QED) is 0.543. The van der Waals surface area contributed by atoms with Crippen molar-refractivity contribution in [3.8, 4) is 0 Å². The van der Waals surface area contributed by atoms with Gasteiger partial charge in [-0.3, -0.25) is 25.0 Å². The van der Waals surface area contributed by atoms with Crippen molar-refractivity contribution < 1.29 is 14.6 Å². The molecule has 124 valence electrons. The maximum Gasteiger partial charge on any atom is 0.272 e. The number of carbonyl (C=O) groups excluding carboxylic acids is 1. The lowest BCUT2D eigenvalue weighted by molar-refractivity contribution is -0.385. The monoisotopic (exact) mass is 328 g/mol. The molecule has 7 heteroatoms. The largest absolute Gasteiger partial charge is 0.300 e. The molecule has 0 radical (unpaired) electrons. The van der Waals surface area contributed by atoms with Gasteiger partial charge >= 0.3 is 0 Å². The predicted molar refractivity (Wildman–Crippen MR) is 87.8 cm³/mol. The van der Waals surface area contributed by atoms with E-state index in [9.17, 15) is 25.0 Å². The first-order chi connectivity index (χ1) is 11.5. The summed E-state index contributed by atoms with van der Waals surface area (Å²) >= 11 is 0. The van der Waals surface area contributed by atoms with Crippen LogP contribution >= 0.6 is 0 Å². The van der Waals surface area contributed by atoms with E-state index in [1.165, 1.54) is 12.1 Å². The summed E-state index contributed by atoms with van der Waals surface area (Å²) in [7, 11) is 0. The molecule has 0 fully saturated rings. The second-order valence-corrected chi connectivity index (χ2v) is 5.31. The van der Waals surface area contributed by atoms with Crippen LogP contribution in [0.4, 0.5) is 11.4 Å². The molecule has 24 heavy (non-hydrogen) atoms. The van der Waals surface area contributed by atoms with Crippen LogP contribution in [-0.2, 0) is 17.6 Å². The van der Waals surface area contributed by atoms with Gasteiger partial charge in [-0.05, 0) is 12.8 Å². The zero-order valence-corrected chi connectivity index (χ0v) is 12.9. The highest BCUT2D eigenvalue weighted by atomic mass is 16.6. The number of ketones is 1. The number of hydrogen-bond acceptors (Lipinski definition) is 5. The molecule has 0 saturated carbocycles. The Morgan fingerprint density at radius 1 is 0.750 bits per heavy atom. The molecule has 0 aliphatic carbocycles. The summed E-state index contributed by atoms with van der Waals surface area (Å²) in [5.41, 5.74) is 1.04. The van der Waals surface area contributed by atoms with Gasteiger partial charge in [-0.15, -0.1) is 0 Å². The van der Waals surface area contributed by atoms with Crippen LogP contribution in [0.1, 0.15) is 24.0 Å². The van der Waals surface area contributed by atoms with Crippen molar-refractivity contribution in [3.05, 3.63) is 79.9 Å². The molecular weight excluding hydrogens is 312 g/mol. The Morgan fingerprint density at radius 2 is 1.12 bits per heavy atom. The summed E-state index contributed by atoms with van der Waals surface area (Å²) in [5, 5.41) is 21.9. The minimum absolute atomic E-state index is 0.00370. The van der Waals surface area contributed by atoms with Gasteiger partial charge in [0.25, 0.3) is 11.4 Å². The molecule has 0 aromatic heterocycles. The molecule has 0 aliphatic rings. The minimum Gasteiger partial charge on any atom is -0.300 e. The second kappa shape index (κ2) is 7.96. The third-order valence-electron chi connectivity index (χ3n) is 3.72. The molecule has 0 atom stereocenters. The summed E-state index contributed by atoms with van der Waals surface area (Å²) in [4.78, 5) is 33.0. The zero-order chi connectivity index (χ0) is 17.5. The Balaban J connectivity index is 1.93. The van der Waals surface area contributed by atoms with Gasteiger partial charge < -0.3 is 0 Å². The van der Waals surface area contributed by atoms with Crippen LogP contribution in [0.25, 0.3) is 0 Å². The van der Waals surface area contributed by atoms with Crippen LogP contribution in [0.15, 0.2) is 48.5 Å². The lowest BCUT2D eigenvalue weighted by Crippen LogP contribution is -2.05. The molecule has 0 spiro atoms. The number of Topliss-reactive ketones (excluding diaryl/α,β-unsaturated/α-hetero) is 1. The molecule has 0 saturated heterocycles. The maximum absolute atomic E-state index is 12.0. The third-order valence-corrected chi connectivity index (χ3v) is 3.72. The van der Waals surface area contributed by atoms with Crippen LogP contribution in [0.3, 0.4) is 0 Å². The summed E-state index contributed by atoms with van der Waals surface area (Å²) in [6.45, 7) is 0. The van der Waals surface area contributed by atoms with E-state index in [0.717, 1.165) is 0 Å². The van der Waals surface area contributed by atoms with Gasteiger partial charge in [0.2, 0.25) is 0 Å². The average Bonchev–Trinajstić information content (AvgIpc) is 2.58. The number of nitro groups is 2. The number of rotatable bonds is 8. The van der Waals surface area contributed by atoms with E-state index in [1.807, 2.05) is 0 Å². The molecule has 2 aromatic rings. The van der Waals surface area contributed by atoms with Gasteiger partial charge in [0.05, 0.1) is 9.85 Å². The Hall–Kier alpha value is -3.09. The fourth-order valence-corrected chi connectivity index (χ4v) is 2.47. The first-order valence-electron chi connectivity index (χ1n) is 7.45. The molecule has 0 amide bonds. The standard InChI is InChI=1S/C17H16N2O5/c20-15(11-9-13-5-1-3-7-16(13)18(21)22)12-10-14-6-2-4-8-17(14)19(23)24/h1-8H,9-12H2. The number of para-hydroxylation sites is 2. The van der Waals surface area contributed by atoms with Crippen LogP contribution in [0.2, 0.25) is 0 Å². The smallest absolute Gasteiger partial charge is 0.272 e. The predicted octanol–water partition coefficient (Wildman–Crippen LogP) is 3.64. The molecule has 2 aromatic carbocycles. The van der Waals surface area contributed by atoms with Gasteiger partial charge in [-0.2, -0.15) is 0 Å². The second-order valence-electron chi connectivity index (χ2n) is 5.31. The highest BCUT2D eigenvalue weighted by molar-refractivity contribution is 5.79. The van der Waals surface area contributed by atoms with E-state index < -0.39 is 9.85 Å². The summed E-state index contributed by atoms with van der Waals surface area (Å²) in [6.07, 6.45) is 0.913. The van der Waals surface area contributed by atoms with Crippen LogP contribution in [-0.4, -0.2) is 15.6 Å². The topological polar surface area (TPSA) is 103 Å². The highest BCUT2D eigenvalue weighted by Gasteiger charge is 2.16. The van der Waals surface area contributed by atoms with Crippen LogP contribution in [0.5, 0.6) is 0 Å². The van der Waals surface area contributed by atoms with Gasteiger partial charge in [-0.25, -0.2) is 0 Å². The van der Waals surface area contributed by atoms with Crippen molar-refractivity contribution in [1.29, 1.82) is 0 Å². The zero-order valence-electron chi connectivity index (χ0n) is 12.9. The summed E-state index contributed by atoms with van der Waals surface area (Å²) in [6, 6.07) is 12.6. The number of benzene rings is 2. The Bertz CT molecular complexity index is 710. The third kappa shape index (κ3) is 4.45. The normalized spacial score (nSPS) is 10.3. The summed E-state index contributed by atoms with van der Waals surface area (Å²) in [5.74, 6) is -0.0775. The molecule has 0 N–H and O–H groups in total. The number of carbonyl (C=O) groups is 1. The molecular formula is C17H16N2O5. The van der Waals surface area contributed by atoms with Gasteiger partial charge in [-0.1, -0.05) is 36.4 Å². The van der Waals surface area contributed by atoms with Gasteiger partial charge in [0.1, 0.15) is 5.78 Å². The minimum atomic E-state index is -0.465. The maximum atomic E-state index is 12.0. The van der Waals surface area contributed by atoms with Crippen LogP contribution < -0.4 is 0 Å². The number of hydrogen-bond donors (Lipinski definition) is 0. The van der Waals surface area contributed by atoms with E-state index >= 15 is 0 Å². The Labute approximate surface area is 138 Å². The lowest BCUT2D eigenvalue weighted by Gasteiger charge is -2.04. The molecule has 2 rings (SSSR count). The van der Waals surface area contributed by atoms with Crippen molar-refractivity contribution >= 4 is 17.2 Å². The van der Waals surface area contributed by atoms with E-state index in [1.54, 1.807) is 36.4 Å². The van der Waals surface area contributed by atoms with Crippen LogP contribution in [0, 0.1) is 20.2 Å². The lowest BCUT2D eigenvalue weighted by atomic mass is 10.0. The number of nitrogens with zero attached hydrogens (tertiary/aromatic N) is 2. The fourth-order valence-electron chi connectivity index (χ4n) is 2.47. The van der Waals surface area contributed by atoms with Crippen molar-refractivity contribution in [2.45, 2.75) is 25.7 Å². The first kappa shape index (κ1) is 17.3. The highest BCUT2D eigenvalue weighted by Crippen LogP contribution is 2.21. The number of aryl methyl sites for hydroxylation is 2. The molecule has 0 aliphatic heterocycles. The van der Waals surface area contributed by atoms with E-state index in [-0.39, 0.29) is 42.8 Å². The van der Waals surface area contributed by atoms with Crippen molar-refractivity contribution in [1.82, 2.24) is 0 Å². The SMILES string of the molecule is O=C(CCc1ccccc1[N+](=O)[O-])CCc1ccccc1[N+](=O)[O-]. The first-order valence-corrected chi connectivity index (χ1v) is 7.45.